The van der Waals surface area contributed by atoms with E-state index in [0.717, 1.165) is 45.1 Å². The van der Waals surface area contributed by atoms with Gasteiger partial charge in [-0.1, -0.05) is 147 Å². The van der Waals surface area contributed by atoms with Gasteiger partial charge in [-0.05, 0) is 61.5 Å². The Balaban J connectivity index is 1.38. The maximum Gasteiger partial charge on any atom is 0.165 e. The third kappa shape index (κ3) is 3.59. The summed E-state index contributed by atoms with van der Waals surface area (Å²) >= 11 is 0. The summed E-state index contributed by atoms with van der Waals surface area (Å²) in [5.41, 5.74) is 8.34. The molecule has 3 heteroatoms. The molecule has 8 aromatic carbocycles. The first-order valence-electron chi connectivity index (χ1n) is 17.4. The number of benzene rings is 8. The fourth-order valence-electron chi connectivity index (χ4n) is 8.77. The van der Waals surface area contributed by atoms with Gasteiger partial charge in [-0.2, -0.15) is 0 Å². The lowest BCUT2D eigenvalue weighted by Crippen LogP contribution is -2.18. The first-order valence-corrected chi connectivity index (χ1v) is 17.4. The molecule has 11 rings (SSSR count). The highest BCUT2D eigenvalue weighted by Crippen LogP contribution is 2.49. The lowest BCUT2D eigenvalue weighted by molar-refractivity contribution is 0.635. The van der Waals surface area contributed by atoms with E-state index in [0.29, 0.717) is 0 Å². The lowest BCUT2D eigenvalue weighted by Gasteiger charge is -2.21. The Morgan fingerprint density at radius 3 is 1.82 bits per heavy atom. The number of nitrogens with zero attached hydrogens (tertiary/aromatic N) is 3. The van der Waals surface area contributed by atoms with E-state index in [9.17, 15) is 0 Å². The molecule has 10 aromatic rings. The second-order valence-corrected chi connectivity index (χ2v) is 14.2. The van der Waals surface area contributed by atoms with Crippen molar-refractivity contribution in [3.05, 3.63) is 163 Å². The summed E-state index contributed by atoms with van der Waals surface area (Å²) in [7, 11) is 0. The molecule has 0 aliphatic heterocycles. The van der Waals surface area contributed by atoms with Gasteiger partial charge in [0, 0.05) is 32.7 Å². The standard InChI is InChI=1S/C47H31N3/c1-47(2)38-23-13-12-22-36(38)44-45(47)48-43(28-14-4-3-5-15-28)46(49-44)50-39-25-24-35-33-20-9-8-18-31(33)32-19-10-11-21-34(32)41(35)42(39)37-26-29-16-6-7-17-30(29)27-40(37)50/h3-27H,1-2H3. The topological polar surface area (TPSA) is 30.7 Å². The Morgan fingerprint density at radius 2 is 1.06 bits per heavy atom. The van der Waals surface area contributed by atoms with Crippen LogP contribution in [0.25, 0.3) is 93.2 Å². The molecule has 0 saturated heterocycles. The van der Waals surface area contributed by atoms with E-state index >= 15 is 0 Å². The van der Waals surface area contributed by atoms with Crippen molar-refractivity contribution in [2.75, 3.05) is 0 Å². The van der Waals surface area contributed by atoms with Crippen molar-refractivity contribution in [1.29, 1.82) is 0 Å². The summed E-state index contributed by atoms with van der Waals surface area (Å²) in [5, 5.41) is 12.5. The third-order valence-corrected chi connectivity index (χ3v) is 11.1. The van der Waals surface area contributed by atoms with Crippen molar-refractivity contribution >= 4 is 64.9 Å². The molecule has 3 nitrogen and oxygen atoms in total. The highest BCUT2D eigenvalue weighted by molar-refractivity contribution is 6.35. The van der Waals surface area contributed by atoms with Gasteiger partial charge in [0.2, 0.25) is 0 Å². The highest BCUT2D eigenvalue weighted by Gasteiger charge is 2.39. The molecule has 0 atom stereocenters. The molecule has 0 radical (unpaired) electrons. The lowest BCUT2D eigenvalue weighted by atomic mass is 9.85. The van der Waals surface area contributed by atoms with E-state index in [-0.39, 0.29) is 5.41 Å². The summed E-state index contributed by atoms with van der Waals surface area (Å²) in [6, 6.07) is 55.0. The van der Waals surface area contributed by atoms with E-state index in [1.54, 1.807) is 0 Å². The first kappa shape index (κ1) is 27.6. The number of fused-ring (bicyclic) bond motifs is 14. The van der Waals surface area contributed by atoms with Crippen LogP contribution in [-0.2, 0) is 5.41 Å². The van der Waals surface area contributed by atoms with Crippen LogP contribution < -0.4 is 0 Å². The van der Waals surface area contributed by atoms with Gasteiger partial charge in [0.25, 0.3) is 0 Å². The van der Waals surface area contributed by atoms with Crippen molar-refractivity contribution in [3.63, 3.8) is 0 Å². The van der Waals surface area contributed by atoms with Gasteiger partial charge < -0.3 is 0 Å². The van der Waals surface area contributed by atoms with Gasteiger partial charge in [-0.25, -0.2) is 9.97 Å². The van der Waals surface area contributed by atoms with E-state index in [2.05, 4.69) is 170 Å². The summed E-state index contributed by atoms with van der Waals surface area (Å²) in [5.74, 6) is 0.849. The number of hydrogen-bond donors (Lipinski definition) is 0. The summed E-state index contributed by atoms with van der Waals surface area (Å²) in [4.78, 5) is 11.3. The Morgan fingerprint density at radius 1 is 0.460 bits per heavy atom. The van der Waals surface area contributed by atoms with Crippen molar-refractivity contribution in [1.82, 2.24) is 14.5 Å². The zero-order chi connectivity index (χ0) is 33.1. The average Bonchev–Trinajstić information content (AvgIpc) is 3.61. The van der Waals surface area contributed by atoms with Gasteiger partial charge in [0.15, 0.2) is 5.82 Å². The molecule has 0 bridgehead atoms. The summed E-state index contributed by atoms with van der Waals surface area (Å²) in [6.07, 6.45) is 0. The minimum absolute atomic E-state index is 0.270. The smallest absolute Gasteiger partial charge is 0.165 e. The van der Waals surface area contributed by atoms with Crippen molar-refractivity contribution < 1.29 is 0 Å². The molecule has 1 aliphatic rings. The molecule has 1 aliphatic carbocycles. The zero-order valence-electron chi connectivity index (χ0n) is 27.8. The second-order valence-electron chi connectivity index (χ2n) is 14.2. The summed E-state index contributed by atoms with van der Waals surface area (Å²) in [6.45, 7) is 4.55. The fourth-order valence-corrected chi connectivity index (χ4v) is 8.77. The Hall–Kier alpha value is -6.32. The SMILES string of the molecule is CC1(C)c2ccccc2-c2nc(-n3c4cc5ccccc5cc4c4c5c6ccccc6c6ccccc6c5ccc43)c(-c3ccccc3)nc21. The molecule has 0 fully saturated rings. The highest BCUT2D eigenvalue weighted by atomic mass is 15.1. The Bertz CT molecular complexity index is 3020. The third-order valence-electron chi connectivity index (χ3n) is 11.1. The largest absolute Gasteiger partial charge is 0.292 e. The van der Waals surface area contributed by atoms with Crippen LogP contribution in [0.2, 0.25) is 0 Å². The van der Waals surface area contributed by atoms with E-state index < -0.39 is 0 Å². The number of aromatic nitrogens is 3. The van der Waals surface area contributed by atoms with Crippen molar-refractivity contribution in [2.45, 2.75) is 19.3 Å². The van der Waals surface area contributed by atoms with E-state index in [1.165, 1.54) is 59.4 Å². The van der Waals surface area contributed by atoms with E-state index in [1.807, 2.05) is 0 Å². The van der Waals surface area contributed by atoms with Crippen LogP contribution in [0.4, 0.5) is 0 Å². The maximum absolute atomic E-state index is 5.68. The van der Waals surface area contributed by atoms with Crippen LogP contribution in [0, 0.1) is 0 Å². The molecule has 0 spiro atoms. The molecule has 0 saturated carbocycles. The van der Waals surface area contributed by atoms with Crippen LogP contribution in [0.3, 0.4) is 0 Å². The number of hydrogen-bond acceptors (Lipinski definition) is 2. The van der Waals surface area contributed by atoms with Crippen LogP contribution in [0.1, 0.15) is 25.1 Å². The van der Waals surface area contributed by atoms with Crippen LogP contribution in [-0.4, -0.2) is 14.5 Å². The molecular weight excluding hydrogens is 607 g/mol. The number of rotatable bonds is 2. The fraction of sp³-hybridized carbons (Fsp3) is 0.0638. The van der Waals surface area contributed by atoms with Gasteiger partial charge in [-0.15, -0.1) is 0 Å². The average molecular weight is 638 g/mol. The molecule has 2 heterocycles. The minimum Gasteiger partial charge on any atom is -0.292 e. The normalized spacial score (nSPS) is 13.6. The molecular formula is C47H31N3. The van der Waals surface area contributed by atoms with Gasteiger partial charge in [0.05, 0.1) is 22.4 Å². The minimum atomic E-state index is -0.270. The maximum atomic E-state index is 5.68. The second kappa shape index (κ2) is 9.87. The van der Waals surface area contributed by atoms with Crippen LogP contribution in [0.15, 0.2) is 152 Å². The molecule has 234 valence electrons. The molecule has 0 unspecified atom stereocenters. The summed E-state index contributed by atoms with van der Waals surface area (Å²) < 4.78 is 2.39. The van der Waals surface area contributed by atoms with Gasteiger partial charge >= 0.3 is 0 Å². The van der Waals surface area contributed by atoms with Crippen LogP contribution in [0.5, 0.6) is 0 Å². The van der Waals surface area contributed by atoms with Crippen molar-refractivity contribution in [3.8, 4) is 28.3 Å². The predicted octanol–water partition coefficient (Wildman–Crippen LogP) is 12.2. The monoisotopic (exact) mass is 637 g/mol. The first-order chi connectivity index (χ1) is 24.6. The van der Waals surface area contributed by atoms with Crippen molar-refractivity contribution in [2.24, 2.45) is 0 Å². The Kier molecular flexibility index (Phi) is 5.45. The Labute approximate surface area is 289 Å². The molecule has 0 N–H and O–H groups in total. The molecule has 50 heavy (non-hydrogen) atoms. The molecule has 0 amide bonds. The predicted molar refractivity (Wildman–Crippen MR) is 209 cm³/mol. The molecule has 2 aromatic heterocycles. The van der Waals surface area contributed by atoms with Gasteiger partial charge in [0.1, 0.15) is 5.69 Å². The zero-order valence-corrected chi connectivity index (χ0v) is 27.8. The van der Waals surface area contributed by atoms with E-state index in [4.69, 9.17) is 9.97 Å². The quantitative estimate of drug-likeness (QED) is 0.177. The van der Waals surface area contributed by atoms with Crippen LogP contribution >= 0.6 is 0 Å². The van der Waals surface area contributed by atoms with Gasteiger partial charge in [-0.3, -0.25) is 4.57 Å².